The first kappa shape index (κ1) is 34.1. The highest BCUT2D eigenvalue weighted by molar-refractivity contribution is 9.10. The van der Waals surface area contributed by atoms with Gasteiger partial charge in [0.05, 0.1) is 17.8 Å². The van der Waals surface area contributed by atoms with Crippen molar-refractivity contribution in [3.05, 3.63) is 28.8 Å². The van der Waals surface area contributed by atoms with E-state index in [1.807, 2.05) is 10.6 Å². The molecule has 228 valence electrons. The van der Waals surface area contributed by atoms with Crippen LogP contribution < -0.4 is 0 Å². The van der Waals surface area contributed by atoms with Crippen molar-refractivity contribution in [2.75, 3.05) is 6.61 Å². The normalized spacial score (nSPS) is 23.8. The molecule has 0 spiro atoms. The van der Waals surface area contributed by atoms with E-state index >= 15 is 0 Å². The third-order valence-corrected chi connectivity index (χ3v) is 24.0. The topological polar surface area (TPSA) is 67.1 Å². The third-order valence-electron chi connectivity index (χ3n) is 9.92. The Labute approximate surface area is 254 Å². The predicted molar refractivity (Wildman–Crippen MR) is 176 cm³/mol. The maximum absolute atomic E-state index is 7.28. The van der Waals surface area contributed by atoms with Gasteiger partial charge in [0.1, 0.15) is 35.3 Å². The molecule has 0 amide bonds. The summed E-state index contributed by atoms with van der Waals surface area (Å²) in [6.45, 7) is 34.8. The number of ether oxygens (including phenoxy) is 1. The van der Waals surface area contributed by atoms with Gasteiger partial charge in [-0.2, -0.15) is 5.10 Å². The molecule has 40 heavy (non-hydrogen) atoms. The smallest absolute Gasteiger partial charge is 0.192 e. The molecular formula is C29H54BrN3O4Si3. The molecule has 1 fully saturated rings. The summed E-state index contributed by atoms with van der Waals surface area (Å²) in [7, 11) is -6.43. The lowest BCUT2D eigenvalue weighted by atomic mass is 10.1. The Morgan fingerprint density at radius 1 is 0.800 bits per heavy atom. The van der Waals surface area contributed by atoms with Gasteiger partial charge in [0.15, 0.2) is 25.0 Å². The van der Waals surface area contributed by atoms with Gasteiger partial charge >= 0.3 is 0 Å². The Kier molecular flexibility index (Phi) is 9.60. The minimum Gasteiger partial charge on any atom is -0.414 e. The molecule has 0 bridgehead atoms. The Hall–Kier alpha value is -0.409. The van der Waals surface area contributed by atoms with Crippen LogP contribution >= 0.6 is 15.9 Å². The number of rotatable bonds is 8. The zero-order valence-electron chi connectivity index (χ0n) is 27.6. The molecule has 1 aliphatic heterocycles. The van der Waals surface area contributed by atoms with Crippen LogP contribution in [0.4, 0.5) is 0 Å². The van der Waals surface area contributed by atoms with Gasteiger partial charge in [0.2, 0.25) is 0 Å². The Morgan fingerprint density at radius 2 is 1.30 bits per heavy atom. The van der Waals surface area contributed by atoms with E-state index in [1.165, 1.54) is 0 Å². The largest absolute Gasteiger partial charge is 0.414 e. The number of hydrogen-bond acceptors (Lipinski definition) is 6. The Bertz CT molecular complexity index is 1180. The number of nitrogens with zero attached hydrogens (tertiary/aromatic N) is 3. The first-order chi connectivity index (χ1) is 17.9. The van der Waals surface area contributed by atoms with Gasteiger partial charge < -0.3 is 18.0 Å². The van der Waals surface area contributed by atoms with Crippen molar-refractivity contribution >= 4 is 46.4 Å². The molecule has 0 N–H and O–H groups in total. The van der Waals surface area contributed by atoms with E-state index < -0.39 is 25.0 Å². The highest BCUT2D eigenvalue weighted by Crippen LogP contribution is 2.48. The molecule has 0 saturated carbocycles. The molecule has 11 heteroatoms. The van der Waals surface area contributed by atoms with Gasteiger partial charge in [0.25, 0.3) is 0 Å². The maximum Gasteiger partial charge on any atom is 0.192 e. The summed E-state index contributed by atoms with van der Waals surface area (Å²) in [4.78, 5) is 4.33. The van der Waals surface area contributed by atoms with Crippen LogP contribution in [0.25, 0.3) is 5.52 Å². The molecular weight excluding hydrogens is 618 g/mol. The van der Waals surface area contributed by atoms with Crippen molar-refractivity contribution in [1.29, 1.82) is 0 Å². The van der Waals surface area contributed by atoms with Gasteiger partial charge in [-0.15, -0.1) is 0 Å². The summed E-state index contributed by atoms with van der Waals surface area (Å²) in [6, 6.07) is 4.12. The summed E-state index contributed by atoms with van der Waals surface area (Å²) in [5.74, 6) is 0. The Balaban J connectivity index is 2.15. The van der Waals surface area contributed by atoms with Gasteiger partial charge in [-0.3, -0.25) is 0 Å². The fourth-order valence-corrected chi connectivity index (χ4v) is 8.07. The van der Waals surface area contributed by atoms with Crippen LogP contribution in [0.1, 0.15) is 74.1 Å². The van der Waals surface area contributed by atoms with E-state index in [2.05, 4.69) is 134 Å². The number of aromatic nitrogens is 3. The number of fused-ring (bicyclic) bond motifs is 1. The maximum atomic E-state index is 7.28. The second-order valence-corrected chi connectivity index (χ2v) is 31.0. The van der Waals surface area contributed by atoms with Gasteiger partial charge in [-0.1, -0.05) is 62.3 Å². The van der Waals surface area contributed by atoms with Crippen molar-refractivity contribution in [2.45, 2.75) is 141 Å². The van der Waals surface area contributed by atoms with Crippen LogP contribution in [0.3, 0.4) is 0 Å². The number of halogens is 1. The molecule has 1 saturated heterocycles. The van der Waals surface area contributed by atoms with Crippen LogP contribution in [0.2, 0.25) is 54.4 Å². The van der Waals surface area contributed by atoms with Crippen LogP contribution in [-0.2, 0) is 18.0 Å². The van der Waals surface area contributed by atoms with Crippen molar-refractivity contribution in [3.8, 4) is 0 Å². The zero-order valence-corrected chi connectivity index (χ0v) is 32.2. The molecule has 0 aromatic carbocycles. The molecule has 2 aromatic rings. The van der Waals surface area contributed by atoms with E-state index in [0.29, 0.717) is 6.61 Å². The molecule has 0 radical (unpaired) electrons. The molecule has 3 rings (SSSR count). The minimum absolute atomic E-state index is 0.0290. The lowest BCUT2D eigenvalue weighted by Gasteiger charge is -2.44. The summed E-state index contributed by atoms with van der Waals surface area (Å²) < 4.78 is 31.0. The fourth-order valence-electron chi connectivity index (χ4n) is 4.05. The second-order valence-electron chi connectivity index (χ2n) is 16.0. The zero-order chi connectivity index (χ0) is 30.7. The van der Waals surface area contributed by atoms with Gasteiger partial charge in [0, 0.05) is 0 Å². The van der Waals surface area contributed by atoms with E-state index in [-0.39, 0.29) is 39.5 Å². The summed E-state index contributed by atoms with van der Waals surface area (Å²) in [5, 5.41) is 4.77. The third kappa shape index (κ3) is 6.87. The van der Waals surface area contributed by atoms with Gasteiger partial charge in [-0.25, -0.2) is 9.50 Å². The van der Waals surface area contributed by atoms with Crippen molar-refractivity contribution in [2.24, 2.45) is 0 Å². The van der Waals surface area contributed by atoms with E-state index in [1.54, 1.807) is 6.33 Å². The average Bonchev–Trinajstić information content (AvgIpc) is 3.32. The molecule has 3 heterocycles. The molecule has 0 unspecified atom stereocenters. The molecule has 4 atom stereocenters. The van der Waals surface area contributed by atoms with E-state index in [0.717, 1.165) is 15.8 Å². The van der Waals surface area contributed by atoms with Crippen LogP contribution in [0, 0.1) is 0 Å². The van der Waals surface area contributed by atoms with E-state index in [4.69, 9.17) is 18.0 Å². The van der Waals surface area contributed by atoms with Crippen LogP contribution in [-0.4, -0.2) is 64.5 Å². The second kappa shape index (κ2) is 11.3. The highest BCUT2D eigenvalue weighted by Gasteiger charge is 2.55. The molecule has 7 nitrogen and oxygen atoms in total. The Morgan fingerprint density at radius 3 is 1.80 bits per heavy atom. The first-order valence-corrected chi connectivity index (χ1v) is 24.0. The van der Waals surface area contributed by atoms with Crippen LogP contribution in [0.5, 0.6) is 0 Å². The van der Waals surface area contributed by atoms with Crippen molar-refractivity contribution < 1.29 is 18.0 Å². The summed E-state index contributed by atoms with van der Waals surface area (Å²) in [5.41, 5.74) is 1.84. The van der Waals surface area contributed by atoms with E-state index in [9.17, 15) is 0 Å². The standard InChI is InChI=1S/C29H54BrN3O4Si3/c1-27(2,3)38(10,11)34-18-22-24(36-39(12,13)28(4,5)6)25(37-40(14,15)29(7,8)9)23(35-22)20-16-17-21-26(30)31-19-32-33(20)21/h16-17,19,22-25H,18H2,1-15H3/t22-,23-,24-,25-/m1/s1. The fraction of sp³-hybridized carbons (Fsp3) is 0.793. The molecule has 1 aliphatic rings. The lowest BCUT2D eigenvalue weighted by Crippen LogP contribution is -2.54. The first-order valence-electron chi connectivity index (χ1n) is 14.5. The molecule has 2 aromatic heterocycles. The minimum atomic E-state index is -2.21. The predicted octanol–water partition coefficient (Wildman–Crippen LogP) is 8.73. The summed E-state index contributed by atoms with van der Waals surface area (Å²) >= 11 is 3.59. The molecule has 0 aliphatic carbocycles. The van der Waals surface area contributed by atoms with Gasteiger partial charge in [-0.05, 0) is 82.5 Å². The quantitative estimate of drug-likeness (QED) is 0.261. The number of hydrogen-bond donors (Lipinski definition) is 0. The van der Waals surface area contributed by atoms with Crippen LogP contribution in [0.15, 0.2) is 23.1 Å². The average molecular weight is 673 g/mol. The lowest BCUT2D eigenvalue weighted by molar-refractivity contribution is -0.0191. The monoisotopic (exact) mass is 671 g/mol. The van der Waals surface area contributed by atoms with Crippen molar-refractivity contribution in [1.82, 2.24) is 14.6 Å². The van der Waals surface area contributed by atoms with Crippen molar-refractivity contribution in [3.63, 3.8) is 0 Å². The SMILES string of the molecule is CC(C)(C)[Si](C)(C)OC[C@H]1O[C@H](c2ccc3c(Br)ncnn23)[C@@H](O[Si](C)(C)C(C)(C)C)[C@@H]1O[Si](C)(C)C(C)(C)C. The summed E-state index contributed by atoms with van der Waals surface area (Å²) in [6.07, 6.45) is 0.386. The highest BCUT2D eigenvalue weighted by atomic mass is 79.9.